The van der Waals surface area contributed by atoms with Gasteiger partial charge in [-0.3, -0.25) is 4.68 Å². The van der Waals surface area contributed by atoms with E-state index in [1.54, 1.807) is 0 Å². The molecule has 0 saturated heterocycles. The third kappa shape index (κ3) is 2.36. The second-order valence-electron chi connectivity index (χ2n) is 3.66. The van der Waals surface area contributed by atoms with Crippen LogP contribution in [0.25, 0.3) is 10.6 Å². The molecule has 0 aliphatic heterocycles. The molecule has 17 heavy (non-hydrogen) atoms. The molecule has 0 fully saturated rings. The summed E-state index contributed by atoms with van der Waals surface area (Å²) in [6, 6.07) is 4.85. The number of thiophene rings is 1. The lowest BCUT2D eigenvalue weighted by atomic mass is 10.3. The van der Waals surface area contributed by atoms with Crippen molar-refractivity contribution in [3.63, 3.8) is 0 Å². The zero-order valence-corrected chi connectivity index (χ0v) is 10.2. The smallest absolute Gasteiger partial charge is 0.267 e. The lowest BCUT2D eigenvalue weighted by molar-refractivity contribution is -0.141. The molecule has 0 unspecified atom stereocenters. The summed E-state index contributed by atoms with van der Waals surface area (Å²) in [6.45, 7) is 2.01. The predicted octanol–water partition coefficient (Wildman–Crippen LogP) is 3.73. The van der Waals surface area contributed by atoms with Crippen LogP contribution in [0, 0.1) is 0 Å². The standard InChI is InChI=1S/C11H11F3N2S/c1-3-7-4-5-9(17-7)8-6-10(11(12,13)14)15-16(8)2/h4-6H,3H2,1-2H3. The Kier molecular flexibility index (Phi) is 2.99. The molecule has 6 heteroatoms. The van der Waals surface area contributed by atoms with Crippen LogP contribution in [0.2, 0.25) is 0 Å². The number of hydrogen-bond acceptors (Lipinski definition) is 2. The van der Waals surface area contributed by atoms with Crippen molar-refractivity contribution in [2.75, 3.05) is 0 Å². The first kappa shape index (κ1) is 12.2. The summed E-state index contributed by atoms with van der Waals surface area (Å²) in [7, 11) is 1.52. The molecular formula is C11H11F3N2S. The monoisotopic (exact) mass is 260 g/mol. The normalized spacial score (nSPS) is 12.1. The SMILES string of the molecule is CCc1ccc(-c2cc(C(F)(F)F)nn2C)s1. The van der Waals surface area contributed by atoms with Crippen molar-refractivity contribution in [2.45, 2.75) is 19.5 Å². The molecule has 0 atom stereocenters. The van der Waals surface area contributed by atoms with Gasteiger partial charge in [0.1, 0.15) is 0 Å². The predicted molar refractivity (Wildman–Crippen MR) is 60.9 cm³/mol. The summed E-state index contributed by atoms with van der Waals surface area (Å²) in [6.07, 6.45) is -3.50. The van der Waals surface area contributed by atoms with E-state index < -0.39 is 11.9 Å². The molecule has 2 aromatic rings. The molecule has 92 valence electrons. The van der Waals surface area contributed by atoms with Crippen molar-refractivity contribution >= 4 is 11.3 Å². The van der Waals surface area contributed by atoms with E-state index in [0.29, 0.717) is 5.69 Å². The molecule has 0 amide bonds. The third-order valence-electron chi connectivity index (χ3n) is 2.43. The Bertz CT molecular complexity index is 525. The largest absolute Gasteiger partial charge is 0.435 e. The van der Waals surface area contributed by atoms with Crippen LogP contribution >= 0.6 is 11.3 Å². The summed E-state index contributed by atoms with van der Waals surface area (Å²) >= 11 is 1.50. The molecule has 2 heterocycles. The zero-order valence-electron chi connectivity index (χ0n) is 9.38. The molecular weight excluding hydrogens is 249 g/mol. The van der Waals surface area contributed by atoms with E-state index >= 15 is 0 Å². The number of aryl methyl sites for hydroxylation is 2. The van der Waals surface area contributed by atoms with Gasteiger partial charge in [0, 0.05) is 11.9 Å². The summed E-state index contributed by atoms with van der Waals surface area (Å²) < 4.78 is 38.8. The maximum atomic E-state index is 12.5. The van der Waals surface area contributed by atoms with Gasteiger partial charge in [-0.15, -0.1) is 11.3 Å². The van der Waals surface area contributed by atoms with E-state index in [0.717, 1.165) is 22.2 Å². The molecule has 0 saturated carbocycles. The maximum Gasteiger partial charge on any atom is 0.435 e. The number of nitrogens with zero attached hydrogens (tertiary/aromatic N) is 2. The Morgan fingerprint density at radius 2 is 2.06 bits per heavy atom. The number of aromatic nitrogens is 2. The zero-order chi connectivity index (χ0) is 12.6. The molecule has 0 N–H and O–H groups in total. The van der Waals surface area contributed by atoms with Crippen molar-refractivity contribution < 1.29 is 13.2 Å². The van der Waals surface area contributed by atoms with Crippen molar-refractivity contribution in [1.82, 2.24) is 9.78 Å². The first-order valence-corrected chi connectivity index (χ1v) is 5.93. The van der Waals surface area contributed by atoms with Crippen molar-refractivity contribution in [2.24, 2.45) is 7.05 Å². The topological polar surface area (TPSA) is 17.8 Å². The Balaban J connectivity index is 2.42. The van der Waals surface area contributed by atoms with Gasteiger partial charge >= 0.3 is 6.18 Å². The molecule has 2 rings (SSSR count). The van der Waals surface area contributed by atoms with E-state index in [9.17, 15) is 13.2 Å². The van der Waals surface area contributed by atoms with Gasteiger partial charge in [-0.2, -0.15) is 18.3 Å². The van der Waals surface area contributed by atoms with E-state index in [2.05, 4.69) is 5.10 Å². The van der Waals surface area contributed by atoms with Crippen LogP contribution < -0.4 is 0 Å². The van der Waals surface area contributed by atoms with Crippen molar-refractivity contribution in [3.8, 4) is 10.6 Å². The van der Waals surface area contributed by atoms with Gasteiger partial charge in [0.25, 0.3) is 0 Å². The highest BCUT2D eigenvalue weighted by molar-refractivity contribution is 7.15. The number of halogens is 3. The molecule has 2 nitrogen and oxygen atoms in total. The fourth-order valence-electron chi connectivity index (χ4n) is 1.54. The van der Waals surface area contributed by atoms with Gasteiger partial charge in [-0.25, -0.2) is 0 Å². The Hall–Kier alpha value is -1.30. The minimum absolute atomic E-state index is 0.502. The lowest BCUT2D eigenvalue weighted by Gasteiger charge is -1.98. The van der Waals surface area contributed by atoms with Crippen LogP contribution in [-0.4, -0.2) is 9.78 Å². The number of hydrogen-bond donors (Lipinski definition) is 0. The fourth-order valence-corrected chi connectivity index (χ4v) is 2.54. The van der Waals surface area contributed by atoms with Gasteiger partial charge in [-0.05, 0) is 24.6 Å². The number of alkyl halides is 3. The van der Waals surface area contributed by atoms with Gasteiger partial charge in [0.05, 0.1) is 10.6 Å². The van der Waals surface area contributed by atoms with Gasteiger partial charge < -0.3 is 0 Å². The van der Waals surface area contributed by atoms with Crippen LogP contribution in [-0.2, 0) is 19.6 Å². The average Bonchev–Trinajstić information content (AvgIpc) is 2.82. The van der Waals surface area contributed by atoms with Gasteiger partial charge in [-0.1, -0.05) is 6.92 Å². The summed E-state index contributed by atoms with van der Waals surface area (Å²) in [5, 5.41) is 3.49. The second-order valence-corrected chi connectivity index (χ2v) is 4.82. The Labute approximate surface area is 101 Å². The quantitative estimate of drug-likeness (QED) is 0.804. The van der Waals surface area contributed by atoms with Crippen molar-refractivity contribution in [1.29, 1.82) is 0 Å². The third-order valence-corrected chi connectivity index (χ3v) is 3.68. The van der Waals surface area contributed by atoms with Crippen LogP contribution in [0.15, 0.2) is 18.2 Å². The maximum absolute atomic E-state index is 12.5. The summed E-state index contributed by atoms with van der Waals surface area (Å²) in [5.74, 6) is 0. The van der Waals surface area contributed by atoms with Gasteiger partial charge in [0.15, 0.2) is 5.69 Å². The average molecular weight is 260 g/mol. The molecule has 0 spiro atoms. The first-order valence-electron chi connectivity index (χ1n) is 5.12. The Morgan fingerprint density at radius 3 is 2.53 bits per heavy atom. The van der Waals surface area contributed by atoms with E-state index in [1.165, 1.54) is 23.1 Å². The van der Waals surface area contributed by atoms with Crippen molar-refractivity contribution in [3.05, 3.63) is 28.8 Å². The lowest BCUT2D eigenvalue weighted by Crippen LogP contribution is -2.06. The highest BCUT2D eigenvalue weighted by Gasteiger charge is 2.34. The van der Waals surface area contributed by atoms with E-state index in [-0.39, 0.29) is 0 Å². The van der Waals surface area contributed by atoms with Crippen LogP contribution in [0.4, 0.5) is 13.2 Å². The van der Waals surface area contributed by atoms with Crippen LogP contribution in [0.5, 0.6) is 0 Å². The second kappa shape index (κ2) is 4.18. The Morgan fingerprint density at radius 1 is 1.35 bits per heavy atom. The molecule has 2 aromatic heterocycles. The van der Waals surface area contributed by atoms with Crippen LogP contribution in [0.3, 0.4) is 0 Å². The van der Waals surface area contributed by atoms with E-state index in [1.807, 2.05) is 19.1 Å². The molecule has 0 bridgehead atoms. The highest BCUT2D eigenvalue weighted by Crippen LogP contribution is 2.33. The molecule has 0 aliphatic rings. The minimum atomic E-state index is -4.39. The molecule has 0 aliphatic carbocycles. The van der Waals surface area contributed by atoms with E-state index in [4.69, 9.17) is 0 Å². The first-order chi connectivity index (χ1) is 7.91. The fraction of sp³-hybridized carbons (Fsp3) is 0.364. The number of rotatable bonds is 2. The molecule has 0 aromatic carbocycles. The summed E-state index contributed by atoms with van der Waals surface area (Å²) in [4.78, 5) is 1.96. The molecule has 0 radical (unpaired) electrons. The van der Waals surface area contributed by atoms with Gasteiger partial charge in [0.2, 0.25) is 0 Å². The minimum Gasteiger partial charge on any atom is -0.267 e. The highest BCUT2D eigenvalue weighted by atomic mass is 32.1. The summed E-state index contributed by atoms with van der Waals surface area (Å²) in [5.41, 5.74) is -0.344. The van der Waals surface area contributed by atoms with Crippen LogP contribution in [0.1, 0.15) is 17.5 Å².